The van der Waals surface area contributed by atoms with Gasteiger partial charge < -0.3 is 15.4 Å². The van der Waals surface area contributed by atoms with Crippen LogP contribution in [0.3, 0.4) is 0 Å². The molecule has 0 bridgehead atoms. The summed E-state index contributed by atoms with van der Waals surface area (Å²) in [5.74, 6) is 0.549. The summed E-state index contributed by atoms with van der Waals surface area (Å²) in [5.41, 5.74) is 6.43. The first-order valence-corrected chi connectivity index (χ1v) is 6.40. The van der Waals surface area contributed by atoms with Gasteiger partial charge in [0.05, 0.1) is 6.61 Å². The van der Waals surface area contributed by atoms with E-state index >= 15 is 0 Å². The average Bonchev–Trinajstić information content (AvgIpc) is 2.32. The van der Waals surface area contributed by atoms with Crippen molar-refractivity contribution in [2.75, 3.05) is 46.9 Å². The van der Waals surface area contributed by atoms with Crippen molar-refractivity contribution in [3.63, 3.8) is 0 Å². The van der Waals surface area contributed by atoms with Crippen LogP contribution in [0.1, 0.15) is 12.8 Å². The van der Waals surface area contributed by atoms with Gasteiger partial charge in [-0.25, -0.2) is 0 Å². The van der Waals surface area contributed by atoms with E-state index in [1.807, 2.05) is 0 Å². The fourth-order valence-corrected chi connectivity index (χ4v) is 2.84. The molecule has 0 spiro atoms. The lowest BCUT2D eigenvalue weighted by molar-refractivity contribution is 0.0144. The molecule has 2 fully saturated rings. The van der Waals surface area contributed by atoms with Crippen LogP contribution in [-0.4, -0.2) is 68.8 Å². The molecule has 4 nitrogen and oxygen atoms in total. The third kappa shape index (κ3) is 2.74. The van der Waals surface area contributed by atoms with Gasteiger partial charge in [0.2, 0.25) is 0 Å². The second-order valence-corrected chi connectivity index (χ2v) is 5.36. The number of likely N-dealkylation sites (N-methyl/N-ethyl adjacent to an activating group) is 2. The first-order chi connectivity index (χ1) is 7.68. The van der Waals surface area contributed by atoms with E-state index in [1.54, 1.807) is 0 Å². The SMILES string of the molecule is CN1CCN(C)C(C(N)C2CCCOC2)C1. The van der Waals surface area contributed by atoms with Gasteiger partial charge in [0.25, 0.3) is 0 Å². The predicted octanol–water partition coefficient (Wildman–Crippen LogP) is -0.0139. The smallest absolute Gasteiger partial charge is 0.0509 e. The molecule has 0 amide bonds. The Morgan fingerprint density at radius 3 is 2.81 bits per heavy atom. The lowest BCUT2D eigenvalue weighted by Gasteiger charge is -2.43. The molecule has 2 rings (SSSR count). The Morgan fingerprint density at radius 1 is 1.31 bits per heavy atom. The number of nitrogens with zero attached hydrogens (tertiary/aromatic N) is 2. The second-order valence-electron chi connectivity index (χ2n) is 5.36. The quantitative estimate of drug-likeness (QED) is 0.720. The van der Waals surface area contributed by atoms with Crippen LogP contribution in [0.2, 0.25) is 0 Å². The molecule has 3 atom stereocenters. The van der Waals surface area contributed by atoms with Gasteiger partial charge >= 0.3 is 0 Å². The number of rotatable bonds is 2. The topological polar surface area (TPSA) is 41.7 Å². The van der Waals surface area contributed by atoms with Crippen molar-refractivity contribution in [1.82, 2.24) is 9.80 Å². The molecule has 0 aliphatic carbocycles. The highest BCUT2D eigenvalue weighted by Gasteiger charge is 2.33. The van der Waals surface area contributed by atoms with E-state index in [0.29, 0.717) is 12.0 Å². The zero-order valence-electron chi connectivity index (χ0n) is 10.6. The van der Waals surface area contributed by atoms with E-state index in [0.717, 1.165) is 32.8 Å². The number of ether oxygens (including phenoxy) is 1. The number of hydrogen-bond acceptors (Lipinski definition) is 4. The van der Waals surface area contributed by atoms with Gasteiger partial charge in [0.1, 0.15) is 0 Å². The van der Waals surface area contributed by atoms with Crippen molar-refractivity contribution < 1.29 is 4.74 Å². The van der Waals surface area contributed by atoms with Crippen LogP contribution in [0.15, 0.2) is 0 Å². The summed E-state index contributed by atoms with van der Waals surface area (Å²) in [7, 11) is 4.38. The summed E-state index contributed by atoms with van der Waals surface area (Å²) in [5, 5.41) is 0. The molecular formula is C12H25N3O. The van der Waals surface area contributed by atoms with Gasteiger partial charge in [0.15, 0.2) is 0 Å². The summed E-state index contributed by atoms with van der Waals surface area (Å²) >= 11 is 0. The summed E-state index contributed by atoms with van der Waals surface area (Å²) in [6.45, 7) is 5.15. The fourth-order valence-electron chi connectivity index (χ4n) is 2.84. The molecule has 0 aromatic heterocycles. The fraction of sp³-hybridized carbons (Fsp3) is 1.00. The van der Waals surface area contributed by atoms with Crippen molar-refractivity contribution in [1.29, 1.82) is 0 Å². The Balaban J connectivity index is 1.93. The van der Waals surface area contributed by atoms with Gasteiger partial charge in [0, 0.05) is 38.3 Å². The molecule has 2 N–H and O–H groups in total. The van der Waals surface area contributed by atoms with Crippen LogP contribution in [0.4, 0.5) is 0 Å². The van der Waals surface area contributed by atoms with Crippen LogP contribution < -0.4 is 5.73 Å². The normalized spacial score (nSPS) is 36.2. The van der Waals surface area contributed by atoms with Crippen LogP contribution in [0, 0.1) is 5.92 Å². The molecule has 4 heteroatoms. The van der Waals surface area contributed by atoms with Gasteiger partial charge in [-0.15, -0.1) is 0 Å². The number of hydrogen-bond donors (Lipinski definition) is 1. The van der Waals surface area contributed by atoms with E-state index in [-0.39, 0.29) is 6.04 Å². The van der Waals surface area contributed by atoms with Crippen molar-refractivity contribution in [3.8, 4) is 0 Å². The third-order valence-electron chi connectivity index (χ3n) is 4.08. The molecule has 2 aliphatic rings. The molecule has 2 saturated heterocycles. The molecule has 0 aromatic carbocycles. The maximum Gasteiger partial charge on any atom is 0.0509 e. The third-order valence-corrected chi connectivity index (χ3v) is 4.08. The molecule has 94 valence electrons. The largest absolute Gasteiger partial charge is 0.381 e. The van der Waals surface area contributed by atoms with Gasteiger partial charge in [-0.05, 0) is 32.9 Å². The standard InChI is InChI=1S/C12H25N3O/c1-14-5-6-15(2)11(8-14)12(13)10-4-3-7-16-9-10/h10-12H,3-9,13H2,1-2H3. The summed E-state index contributed by atoms with van der Waals surface area (Å²) < 4.78 is 5.54. The van der Waals surface area contributed by atoms with E-state index in [9.17, 15) is 0 Å². The lowest BCUT2D eigenvalue weighted by atomic mass is 9.88. The zero-order valence-corrected chi connectivity index (χ0v) is 10.6. The minimum absolute atomic E-state index is 0.257. The molecule has 3 unspecified atom stereocenters. The van der Waals surface area contributed by atoms with Gasteiger partial charge in [-0.1, -0.05) is 0 Å². The minimum atomic E-state index is 0.257. The Kier molecular flexibility index (Phi) is 4.19. The average molecular weight is 227 g/mol. The lowest BCUT2D eigenvalue weighted by Crippen LogP contribution is -2.60. The van der Waals surface area contributed by atoms with Crippen molar-refractivity contribution in [2.24, 2.45) is 11.7 Å². The molecule has 16 heavy (non-hydrogen) atoms. The maximum absolute atomic E-state index is 6.43. The molecule has 0 saturated carbocycles. The van der Waals surface area contributed by atoms with Crippen LogP contribution in [0.5, 0.6) is 0 Å². The Labute approximate surface area is 98.7 Å². The zero-order chi connectivity index (χ0) is 11.5. The van der Waals surface area contributed by atoms with Crippen molar-refractivity contribution in [3.05, 3.63) is 0 Å². The monoisotopic (exact) mass is 227 g/mol. The minimum Gasteiger partial charge on any atom is -0.381 e. The summed E-state index contributed by atoms with van der Waals surface area (Å²) in [6, 6.07) is 0.749. The Hall–Kier alpha value is -0.160. The van der Waals surface area contributed by atoms with E-state index < -0.39 is 0 Å². The highest BCUT2D eigenvalue weighted by atomic mass is 16.5. The molecule has 0 aromatic rings. The van der Waals surface area contributed by atoms with Crippen LogP contribution in [-0.2, 0) is 4.74 Å². The Bertz CT molecular complexity index is 218. The summed E-state index contributed by atoms with van der Waals surface area (Å²) in [6.07, 6.45) is 2.40. The molecule has 2 aliphatic heterocycles. The van der Waals surface area contributed by atoms with E-state index in [2.05, 4.69) is 23.9 Å². The van der Waals surface area contributed by atoms with Crippen LogP contribution in [0.25, 0.3) is 0 Å². The first kappa shape index (κ1) is 12.3. The summed E-state index contributed by atoms with van der Waals surface area (Å²) in [4.78, 5) is 4.80. The molecule has 2 heterocycles. The van der Waals surface area contributed by atoms with E-state index in [1.165, 1.54) is 12.8 Å². The van der Waals surface area contributed by atoms with Crippen LogP contribution >= 0.6 is 0 Å². The van der Waals surface area contributed by atoms with Crippen molar-refractivity contribution >= 4 is 0 Å². The number of nitrogens with two attached hydrogens (primary N) is 1. The first-order valence-electron chi connectivity index (χ1n) is 6.40. The molecular weight excluding hydrogens is 202 g/mol. The second kappa shape index (κ2) is 5.45. The van der Waals surface area contributed by atoms with Crippen molar-refractivity contribution in [2.45, 2.75) is 24.9 Å². The number of piperazine rings is 1. The molecule has 0 radical (unpaired) electrons. The van der Waals surface area contributed by atoms with E-state index in [4.69, 9.17) is 10.5 Å². The predicted molar refractivity (Wildman–Crippen MR) is 65.4 cm³/mol. The maximum atomic E-state index is 6.43. The van der Waals surface area contributed by atoms with Gasteiger partial charge in [-0.3, -0.25) is 4.90 Å². The van der Waals surface area contributed by atoms with Gasteiger partial charge in [-0.2, -0.15) is 0 Å². The highest BCUT2D eigenvalue weighted by Crippen LogP contribution is 2.21. The Morgan fingerprint density at radius 2 is 2.12 bits per heavy atom. The highest BCUT2D eigenvalue weighted by molar-refractivity contribution is 4.91.